The third kappa shape index (κ3) is 4.67. The zero-order valence-electron chi connectivity index (χ0n) is 12.7. The predicted molar refractivity (Wildman–Crippen MR) is 85.5 cm³/mol. The zero-order valence-corrected chi connectivity index (χ0v) is 12.7. The lowest BCUT2D eigenvalue weighted by Gasteiger charge is -2.09. The van der Waals surface area contributed by atoms with Crippen molar-refractivity contribution in [3.8, 4) is 0 Å². The molecule has 8 nitrogen and oxygen atoms in total. The van der Waals surface area contributed by atoms with Gasteiger partial charge in [-0.25, -0.2) is 5.43 Å². The number of nitrogens with one attached hydrogen (secondary N) is 2. The maximum Gasteiger partial charge on any atom is 0.433 e. The van der Waals surface area contributed by atoms with E-state index in [-0.39, 0.29) is 24.1 Å². The number of carbonyl (C=O) groups excluding carboxylic acids is 1. The van der Waals surface area contributed by atoms with Crippen LogP contribution in [0.1, 0.15) is 16.9 Å². The van der Waals surface area contributed by atoms with E-state index in [1.165, 1.54) is 18.3 Å². The molecule has 0 aliphatic heterocycles. The van der Waals surface area contributed by atoms with E-state index in [0.29, 0.717) is 0 Å². The number of amides is 1. The van der Waals surface area contributed by atoms with E-state index < -0.39 is 4.92 Å². The quantitative estimate of drug-likeness (QED) is 0.483. The third-order valence-corrected chi connectivity index (χ3v) is 2.99. The minimum Gasteiger partial charge on any atom is -0.400 e. The number of hydrogen-bond acceptors (Lipinski definition) is 6. The average molecular weight is 316 g/mol. The van der Waals surface area contributed by atoms with Gasteiger partial charge >= 0.3 is 5.88 Å². The highest BCUT2D eigenvalue weighted by Crippen LogP contribution is 2.15. The van der Waals surface area contributed by atoms with Crippen LogP contribution in [0.5, 0.6) is 0 Å². The van der Waals surface area contributed by atoms with Gasteiger partial charge in [0.05, 0.1) is 18.8 Å². The first kappa shape index (κ1) is 16.2. The van der Waals surface area contributed by atoms with Crippen molar-refractivity contribution in [1.82, 2.24) is 5.43 Å². The van der Waals surface area contributed by atoms with E-state index in [0.717, 1.165) is 16.8 Å². The Hall–Kier alpha value is -3.16. The predicted octanol–water partition coefficient (Wildman–Crippen LogP) is 2.37. The number of benzene rings is 1. The van der Waals surface area contributed by atoms with Crippen LogP contribution in [0, 0.1) is 24.0 Å². The number of aryl methyl sites for hydroxylation is 2. The van der Waals surface area contributed by atoms with Gasteiger partial charge < -0.3 is 9.73 Å². The van der Waals surface area contributed by atoms with E-state index in [9.17, 15) is 14.9 Å². The summed E-state index contributed by atoms with van der Waals surface area (Å²) in [6, 6.07) is 8.48. The Labute approximate surface area is 132 Å². The number of nitrogens with zero attached hydrogens (tertiary/aromatic N) is 2. The second-order valence-corrected chi connectivity index (χ2v) is 4.90. The molecule has 2 rings (SSSR count). The fourth-order valence-corrected chi connectivity index (χ4v) is 1.90. The molecule has 0 aliphatic rings. The normalized spacial score (nSPS) is 10.7. The Bertz CT molecular complexity index is 752. The Morgan fingerprint density at radius 3 is 2.78 bits per heavy atom. The van der Waals surface area contributed by atoms with Gasteiger partial charge in [-0.15, -0.1) is 0 Å². The molecule has 0 spiro atoms. The minimum absolute atomic E-state index is 0.0551. The molecule has 1 aromatic heterocycles. The molecule has 1 aromatic carbocycles. The fourth-order valence-electron chi connectivity index (χ4n) is 1.90. The maximum atomic E-state index is 11.7. The van der Waals surface area contributed by atoms with Crippen LogP contribution in [0.4, 0.5) is 11.6 Å². The van der Waals surface area contributed by atoms with Gasteiger partial charge in [-0.1, -0.05) is 17.7 Å². The highest BCUT2D eigenvalue weighted by Gasteiger charge is 2.10. The Balaban J connectivity index is 1.82. The summed E-state index contributed by atoms with van der Waals surface area (Å²) in [4.78, 5) is 21.5. The molecular formula is C15H16N4O4. The molecule has 1 heterocycles. The molecule has 0 unspecified atom stereocenters. The molecule has 0 radical (unpaired) electrons. The molecule has 0 saturated heterocycles. The van der Waals surface area contributed by atoms with E-state index in [4.69, 9.17) is 4.42 Å². The molecule has 0 bridgehead atoms. The standard InChI is InChI=1S/C15H16N4O4/c1-10-3-5-13(11(2)7-10)16-9-14(20)18-17-8-12-4-6-15(23-12)19(21)22/h3-8,16H,9H2,1-2H3,(H,18,20)/b17-8+. The molecule has 0 aliphatic carbocycles. The Kier molecular flexibility index (Phi) is 5.08. The summed E-state index contributed by atoms with van der Waals surface area (Å²) in [6.45, 7) is 4.01. The van der Waals surface area contributed by atoms with Crippen LogP contribution in [0.25, 0.3) is 0 Å². The van der Waals surface area contributed by atoms with E-state index in [2.05, 4.69) is 15.8 Å². The van der Waals surface area contributed by atoms with Gasteiger partial charge in [0.15, 0.2) is 5.76 Å². The smallest absolute Gasteiger partial charge is 0.400 e. The first-order valence-corrected chi connectivity index (χ1v) is 6.83. The topological polar surface area (TPSA) is 110 Å². The second-order valence-electron chi connectivity index (χ2n) is 4.90. The summed E-state index contributed by atoms with van der Waals surface area (Å²) >= 11 is 0. The molecule has 2 N–H and O–H groups in total. The SMILES string of the molecule is Cc1ccc(NCC(=O)N/N=C/c2ccc([N+](=O)[O-])o2)c(C)c1. The van der Waals surface area contributed by atoms with Crippen LogP contribution in [-0.4, -0.2) is 23.6 Å². The monoisotopic (exact) mass is 316 g/mol. The van der Waals surface area contributed by atoms with Crippen molar-refractivity contribution in [2.75, 3.05) is 11.9 Å². The summed E-state index contributed by atoms with van der Waals surface area (Å²) in [5.41, 5.74) is 5.37. The number of carbonyl (C=O) groups is 1. The molecule has 23 heavy (non-hydrogen) atoms. The number of rotatable bonds is 6. The van der Waals surface area contributed by atoms with Crippen molar-refractivity contribution < 1.29 is 14.1 Å². The molecule has 0 fully saturated rings. The van der Waals surface area contributed by atoms with Crippen molar-refractivity contribution in [1.29, 1.82) is 0 Å². The third-order valence-electron chi connectivity index (χ3n) is 2.99. The van der Waals surface area contributed by atoms with Gasteiger partial charge in [0, 0.05) is 5.69 Å². The number of furan rings is 1. The molecule has 2 aromatic rings. The lowest BCUT2D eigenvalue weighted by atomic mass is 10.1. The summed E-state index contributed by atoms with van der Waals surface area (Å²) in [6.07, 6.45) is 1.20. The Morgan fingerprint density at radius 2 is 2.13 bits per heavy atom. The molecule has 1 amide bonds. The Morgan fingerprint density at radius 1 is 1.35 bits per heavy atom. The van der Waals surface area contributed by atoms with Crippen LogP contribution in [0.3, 0.4) is 0 Å². The molecule has 0 saturated carbocycles. The lowest BCUT2D eigenvalue weighted by Crippen LogP contribution is -2.26. The van der Waals surface area contributed by atoms with Gasteiger partial charge in [-0.2, -0.15) is 5.10 Å². The van der Waals surface area contributed by atoms with Crippen molar-refractivity contribution in [2.45, 2.75) is 13.8 Å². The highest BCUT2D eigenvalue weighted by atomic mass is 16.6. The molecular weight excluding hydrogens is 300 g/mol. The van der Waals surface area contributed by atoms with Crippen LogP contribution in [0.15, 0.2) is 39.9 Å². The van der Waals surface area contributed by atoms with Crippen molar-refractivity contribution in [2.24, 2.45) is 5.10 Å². The van der Waals surface area contributed by atoms with Crippen LogP contribution in [0.2, 0.25) is 0 Å². The maximum absolute atomic E-state index is 11.7. The van der Waals surface area contributed by atoms with Crippen LogP contribution in [-0.2, 0) is 4.79 Å². The van der Waals surface area contributed by atoms with Gasteiger partial charge in [-0.3, -0.25) is 14.9 Å². The lowest BCUT2D eigenvalue weighted by molar-refractivity contribution is -0.402. The van der Waals surface area contributed by atoms with Crippen molar-refractivity contribution in [3.05, 3.63) is 57.3 Å². The summed E-state index contributed by atoms with van der Waals surface area (Å²) in [5.74, 6) is -0.545. The van der Waals surface area contributed by atoms with Crippen LogP contribution >= 0.6 is 0 Å². The van der Waals surface area contributed by atoms with Gasteiger partial charge in [-0.05, 0) is 31.5 Å². The van der Waals surface area contributed by atoms with E-state index >= 15 is 0 Å². The largest absolute Gasteiger partial charge is 0.433 e. The van der Waals surface area contributed by atoms with Gasteiger partial charge in [0.25, 0.3) is 5.91 Å². The number of hydrazone groups is 1. The zero-order chi connectivity index (χ0) is 16.8. The minimum atomic E-state index is -0.649. The highest BCUT2D eigenvalue weighted by molar-refractivity contribution is 5.83. The van der Waals surface area contributed by atoms with Gasteiger partial charge in [0.1, 0.15) is 4.92 Å². The number of hydrogen-bond donors (Lipinski definition) is 2. The summed E-state index contributed by atoms with van der Waals surface area (Å²) in [5, 5.41) is 17.1. The summed E-state index contributed by atoms with van der Waals surface area (Å²) < 4.78 is 4.87. The first-order valence-electron chi connectivity index (χ1n) is 6.83. The van der Waals surface area contributed by atoms with Crippen molar-refractivity contribution in [3.63, 3.8) is 0 Å². The van der Waals surface area contributed by atoms with Crippen molar-refractivity contribution >= 4 is 23.7 Å². The van der Waals surface area contributed by atoms with Crippen LogP contribution < -0.4 is 10.7 Å². The second kappa shape index (κ2) is 7.21. The first-order chi connectivity index (χ1) is 11.0. The fraction of sp³-hybridized carbons (Fsp3) is 0.200. The van der Waals surface area contributed by atoms with Gasteiger partial charge in [0.2, 0.25) is 0 Å². The number of anilines is 1. The molecule has 120 valence electrons. The number of nitro groups is 1. The molecule has 0 atom stereocenters. The van der Waals surface area contributed by atoms with E-state index in [1.54, 1.807) is 0 Å². The summed E-state index contributed by atoms with van der Waals surface area (Å²) in [7, 11) is 0. The van der Waals surface area contributed by atoms with E-state index in [1.807, 2.05) is 32.0 Å². The molecule has 8 heteroatoms. The average Bonchev–Trinajstić information content (AvgIpc) is 2.95.